The Morgan fingerprint density at radius 3 is 2.90 bits per heavy atom. The Morgan fingerprint density at radius 2 is 2.25 bits per heavy atom. The van der Waals surface area contributed by atoms with Gasteiger partial charge in [-0.1, -0.05) is 11.3 Å². The summed E-state index contributed by atoms with van der Waals surface area (Å²) in [7, 11) is 1.80. The van der Waals surface area contributed by atoms with Crippen molar-refractivity contribution in [1.82, 2.24) is 9.88 Å². The number of carbonyl (C=O) groups is 1. The third-order valence-corrected chi connectivity index (χ3v) is 4.81. The van der Waals surface area contributed by atoms with E-state index in [2.05, 4.69) is 9.88 Å². The van der Waals surface area contributed by atoms with E-state index in [4.69, 9.17) is 10.5 Å². The fourth-order valence-corrected chi connectivity index (χ4v) is 3.35. The Kier molecular flexibility index (Phi) is 5.50. The molecule has 1 aromatic rings. The first kappa shape index (κ1) is 15.4. The molecule has 2 N–H and O–H groups in total. The zero-order chi connectivity index (χ0) is 14.5. The normalized spacial score (nSPS) is 15.4. The highest BCUT2D eigenvalue weighted by molar-refractivity contribution is 7.98. The summed E-state index contributed by atoms with van der Waals surface area (Å²) in [5.74, 6) is 1.20. The average Bonchev–Trinajstić information content (AvgIpc) is 2.87. The number of anilines is 2. The molecule has 2 heterocycles. The number of ether oxygens (including phenoxy) is 1. The van der Waals surface area contributed by atoms with Crippen molar-refractivity contribution in [3.05, 3.63) is 4.88 Å². The number of aromatic nitrogens is 1. The zero-order valence-corrected chi connectivity index (χ0v) is 13.4. The highest BCUT2D eigenvalue weighted by Crippen LogP contribution is 2.29. The number of carbonyl (C=O) groups excluding carboxylic acids is 1. The molecule has 6 nitrogen and oxygen atoms in total. The van der Waals surface area contributed by atoms with Gasteiger partial charge in [0, 0.05) is 32.4 Å². The minimum Gasteiger partial charge on any atom is -0.382 e. The molecular formula is C12H20N4O2S2. The maximum atomic E-state index is 12.3. The van der Waals surface area contributed by atoms with E-state index in [-0.39, 0.29) is 5.91 Å². The van der Waals surface area contributed by atoms with Gasteiger partial charge in [0.05, 0.1) is 13.2 Å². The lowest BCUT2D eigenvalue weighted by molar-refractivity contribution is 0.0809. The molecule has 0 bridgehead atoms. The Bertz CT molecular complexity index is 460. The molecule has 0 radical (unpaired) electrons. The van der Waals surface area contributed by atoms with E-state index in [0.717, 1.165) is 24.0 Å². The molecule has 0 unspecified atom stereocenters. The molecule has 112 valence electrons. The largest absolute Gasteiger partial charge is 0.382 e. The fraction of sp³-hybridized carbons (Fsp3) is 0.667. The molecule has 2 rings (SSSR count). The van der Waals surface area contributed by atoms with Crippen molar-refractivity contribution in [2.24, 2.45) is 0 Å². The van der Waals surface area contributed by atoms with Crippen LogP contribution in [0.1, 0.15) is 9.67 Å². The first-order valence-corrected chi connectivity index (χ1v) is 8.68. The Hall–Kier alpha value is -0.990. The van der Waals surface area contributed by atoms with E-state index in [1.807, 2.05) is 6.26 Å². The SMILES string of the molecule is CSCCN(C)C(=O)c1sc(N2CCOCC2)nc1N. The van der Waals surface area contributed by atoms with Crippen LogP contribution in [0.25, 0.3) is 0 Å². The summed E-state index contributed by atoms with van der Waals surface area (Å²) >= 11 is 3.09. The summed E-state index contributed by atoms with van der Waals surface area (Å²) in [4.78, 5) is 21.0. The highest BCUT2D eigenvalue weighted by Gasteiger charge is 2.22. The van der Waals surface area contributed by atoms with Crippen LogP contribution in [-0.2, 0) is 4.74 Å². The summed E-state index contributed by atoms with van der Waals surface area (Å²) in [5, 5.41) is 0.812. The molecule has 8 heteroatoms. The predicted molar refractivity (Wildman–Crippen MR) is 84.9 cm³/mol. The average molecular weight is 316 g/mol. The molecule has 1 aliphatic heterocycles. The van der Waals surface area contributed by atoms with Crippen LogP contribution >= 0.6 is 23.1 Å². The Balaban J connectivity index is 2.08. The number of nitrogens with zero attached hydrogens (tertiary/aromatic N) is 3. The summed E-state index contributed by atoms with van der Waals surface area (Å²) in [6.07, 6.45) is 2.02. The third-order valence-electron chi connectivity index (χ3n) is 3.10. The second-order valence-corrected chi connectivity index (χ2v) is 6.49. The number of morpholine rings is 1. The summed E-state index contributed by atoms with van der Waals surface area (Å²) < 4.78 is 5.31. The van der Waals surface area contributed by atoms with Gasteiger partial charge in [0.25, 0.3) is 5.91 Å². The van der Waals surface area contributed by atoms with Crippen LogP contribution in [0.4, 0.5) is 10.9 Å². The monoisotopic (exact) mass is 316 g/mol. The second-order valence-electron chi connectivity index (χ2n) is 4.53. The maximum Gasteiger partial charge on any atom is 0.267 e. The molecule has 0 saturated carbocycles. The van der Waals surface area contributed by atoms with E-state index in [1.165, 1.54) is 11.3 Å². The zero-order valence-electron chi connectivity index (χ0n) is 11.8. The van der Waals surface area contributed by atoms with Crippen molar-refractivity contribution in [2.75, 3.05) is 62.5 Å². The van der Waals surface area contributed by atoms with Gasteiger partial charge in [-0.3, -0.25) is 4.79 Å². The number of hydrogen-bond acceptors (Lipinski definition) is 7. The molecular weight excluding hydrogens is 296 g/mol. The summed E-state index contributed by atoms with van der Waals surface area (Å²) in [6, 6.07) is 0. The van der Waals surface area contributed by atoms with Gasteiger partial charge in [-0.25, -0.2) is 4.98 Å². The van der Waals surface area contributed by atoms with Gasteiger partial charge in [0.15, 0.2) is 5.13 Å². The van der Waals surface area contributed by atoms with Gasteiger partial charge < -0.3 is 20.3 Å². The molecule has 1 amide bonds. The van der Waals surface area contributed by atoms with Crippen molar-refractivity contribution in [2.45, 2.75) is 0 Å². The molecule has 1 saturated heterocycles. The number of thiazole rings is 1. The number of nitrogens with two attached hydrogens (primary N) is 1. The van der Waals surface area contributed by atoms with Crippen LogP contribution in [0.2, 0.25) is 0 Å². The Morgan fingerprint density at radius 1 is 1.55 bits per heavy atom. The van der Waals surface area contributed by atoms with Crippen LogP contribution in [0, 0.1) is 0 Å². The smallest absolute Gasteiger partial charge is 0.267 e. The van der Waals surface area contributed by atoms with Gasteiger partial charge >= 0.3 is 0 Å². The van der Waals surface area contributed by atoms with E-state index in [1.54, 1.807) is 23.7 Å². The van der Waals surface area contributed by atoms with Crippen LogP contribution in [0.3, 0.4) is 0 Å². The van der Waals surface area contributed by atoms with Gasteiger partial charge in [-0.15, -0.1) is 0 Å². The van der Waals surface area contributed by atoms with Crippen LogP contribution in [0.15, 0.2) is 0 Å². The van der Waals surface area contributed by atoms with Crippen molar-refractivity contribution >= 4 is 40.0 Å². The first-order valence-electron chi connectivity index (χ1n) is 6.47. The quantitative estimate of drug-likeness (QED) is 0.874. The third kappa shape index (κ3) is 3.56. The van der Waals surface area contributed by atoms with Gasteiger partial charge in [0.1, 0.15) is 10.7 Å². The minimum atomic E-state index is -0.0476. The van der Waals surface area contributed by atoms with Gasteiger partial charge in [-0.05, 0) is 6.26 Å². The fourth-order valence-electron chi connectivity index (χ4n) is 1.87. The van der Waals surface area contributed by atoms with Crippen LogP contribution < -0.4 is 10.6 Å². The lowest BCUT2D eigenvalue weighted by Crippen LogP contribution is -2.36. The lowest BCUT2D eigenvalue weighted by atomic mass is 10.4. The number of thioether (sulfide) groups is 1. The second kappa shape index (κ2) is 7.14. The van der Waals surface area contributed by atoms with Crippen LogP contribution in [-0.4, -0.2) is 67.7 Å². The van der Waals surface area contributed by atoms with E-state index in [9.17, 15) is 4.79 Å². The maximum absolute atomic E-state index is 12.3. The Labute approximate surface area is 127 Å². The molecule has 0 aromatic carbocycles. The van der Waals surface area contributed by atoms with Crippen molar-refractivity contribution in [3.8, 4) is 0 Å². The summed E-state index contributed by atoms with van der Waals surface area (Å²) in [6.45, 7) is 3.68. The van der Waals surface area contributed by atoms with E-state index in [0.29, 0.717) is 30.5 Å². The number of amides is 1. The lowest BCUT2D eigenvalue weighted by Gasteiger charge is -2.25. The van der Waals surface area contributed by atoms with Crippen molar-refractivity contribution in [1.29, 1.82) is 0 Å². The van der Waals surface area contributed by atoms with Crippen LogP contribution in [0.5, 0.6) is 0 Å². The van der Waals surface area contributed by atoms with Gasteiger partial charge in [-0.2, -0.15) is 11.8 Å². The standard InChI is InChI=1S/C12H20N4O2S2/c1-15(5-8-19-2)11(17)9-10(13)14-12(20-9)16-3-6-18-7-4-16/h3-8,13H2,1-2H3. The number of nitrogen functional groups attached to an aromatic ring is 1. The molecule has 0 aliphatic carbocycles. The first-order chi connectivity index (χ1) is 9.63. The van der Waals surface area contributed by atoms with E-state index >= 15 is 0 Å². The summed E-state index contributed by atoms with van der Waals surface area (Å²) in [5.41, 5.74) is 5.90. The topological polar surface area (TPSA) is 71.7 Å². The van der Waals surface area contributed by atoms with Crippen molar-refractivity contribution < 1.29 is 9.53 Å². The minimum absolute atomic E-state index is 0.0476. The molecule has 0 spiro atoms. The number of hydrogen-bond donors (Lipinski definition) is 1. The van der Waals surface area contributed by atoms with E-state index < -0.39 is 0 Å². The molecule has 20 heavy (non-hydrogen) atoms. The van der Waals surface area contributed by atoms with Crippen molar-refractivity contribution in [3.63, 3.8) is 0 Å². The molecule has 1 aromatic heterocycles. The van der Waals surface area contributed by atoms with Gasteiger partial charge in [0.2, 0.25) is 0 Å². The highest BCUT2D eigenvalue weighted by atomic mass is 32.2. The molecule has 1 aliphatic rings. The molecule has 1 fully saturated rings. The predicted octanol–water partition coefficient (Wildman–Crippen LogP) is 0.997. The molecule has 0 atom stereocenters. The number of rotatable bonds is 5.